The van der Waals surface area contributed by atoms with E-state index in [0.29, 0.717) is 24.0 Å². The molecular formula is C15H15N5. The van der Waals surface area contributed by atoms with Crippen LogP contribution in [0, 0.1) is 11.3 Å². The van der Waals surface area contributed by atoms with Crippen molar-refractivity contribution in [1.29, 1.82) is 5.26 Å². The van der Waals surface area contributed by atoms with Gasteiger partial charge in [0.1, 0.15) is 6.07 Å². The first kappa shape index (κ1) is 12.4. The molecule has 1 saturated carbocycles. The van der Waals surface area contributed by atoms with Gasteiger partial charge in [0.15, 0.2) is 5.82 Å². The first-order valence-electron chi connectivity index (χ1n) is 6.61. The summed E-state index contributed by atoms with van der Waals surface area (Å²) < 4.78 is 0. The lowest BCUT2D eigenvalue weighted by atomic mass is 10.1. The highest BCUT2D eigenvalue weighted by Gasteiger charge is 2.32. The molecule has 2 N–H and O–H groups in total. The summed E-state index contributed by atoms with van der Waals surface area (Å²) in [6.07, 6.45) is 3.78. The molecule has 2 aromatic rings. The summed E-state index contributed by atoms with van der Waals surface area (Å²) in [4.78, 5) is 2.14. The third-order valence-electron chi connectivity index (χ3n) is 3.48. The molecule has 0 radical (unpaired) electrons. The number of rotatable bonds is 4. The standard InChI is InChI=1S/C15H15N5/c16-9-11-7-8-18-19-15(11)20(13-5-6-13)10-12-3-1-2-4-14(12)17/h1-4,7-8,13H,5-6,10,17H2. The van der Waals surface area contributed by atoms with Crippen LogP contribution in [0.4, 0.5) is 11.5 Å². The van der Waals surface area contributed by atoms with Gasteiger partial charge in [-0.2, -0.15) is 10.4 Å². The van der Waals surface area contributed by atoms with Crippen molar-refractivity contribution in [2.24, 2.45) is 0 Å². The molecule has 1 heterocycles. The van der Waals surface area contributed by atoms with E-state index in [9.17, 15) is 5.26 Å². The molecule has 1 aromatic carbocycles. The molecule has 1 fully saturated rings. The van der Waals surface area contributed by atoms with Crippen LogP contribution in [0.5, 0.6) is 0 Å². The van der Waals surface area contributed by atoms with Crippen molar-refractivity contribution in [3.8, 4) is 6.07 Å². The summed E-state index contributed by atoms with van der Waals surface area (Å²) in [6.45, 7) is 0.657. The van der Waals surface area contributed by atoms with Crippen LogP contribution in [0.25, 0.3) is 0 Å². The van der Waals surface area contributed by atoms with Crippen LogP contribution in [-0.2, 0) is 6.54 Å². The largest absolute Gasteiger partial charge is 0.398 e. The average molecular weight is 265 g/mol. The maximum absolute atomic E-state index is 9.22. The Kier molecular flexibility index (Phi) is 3.21. The number of para-hydroxylation sites is 1. The fourth-order valence-corrected chi connectivity index (χ4v) is 2.25. The number of anilines is 2. The molecule has 0 aliphatic heterocycles. The number of nitrogen functional groups attached to an aromatic ring is 1. The highest BCUT2D eigenvalue weighted by Crippen LogP contribution is 2.33. The molecule has 3 rings (SSSR count). The maximum atomic E-state index is 9.22. The molecule has 5 heteroatoms. The van der Waals surface area contributed by atoms with E-state index in [2.05, 4.69) is 21.2 Å². The fourth-order valence-electron chi connectivity index (χ4n) is 2.25. The number of aromatic nitrogens is 2. The van der Waals surface area contributed by atoms with E-state index in [4.69, 9.17) is 5.73 Å². The molecule has 0 saturated heterocycles. The first-order chi connectivity index (χ1) is 9.79. The topological polar surface area (TPSA) is 78.8 Å². The lowest BCUT2D eigenvalue weighted by Crippen LogP contribution is -2.27. The van der Waals surface area contributed by atoms with Crippen molar-refractivity contribution in [2.75, 3.05) is 10.6 Å². The van der Waals surface area contributed by atoms with E-state index in [1.165, 1.54) is 0 Å². The highest BCUT2D eigenvalue weighted by molar-refractivity contribution is 5.56. The van der Waals surface area contributed by atoms with E-state index in [0.717, 1.165) is 24.1 Å². The van der Waals surface area contributed by atoms with E-state index in [1.54, 1.807) is 12.3 Å². The zero-order chi connectivity index (χ0) is 13.9. The third-order valence-corrected chi connectivity index (χ3v) is 3.48. The van der Waals surface area contributed by atoms with Crippen molar-refractivity contribution in [3.05, 3.63) is 47.7 Å². The summed E-state index contributed by atoms with van der Waals surface area (Å²) in [5.41, 5.74) is 8.38. The predicted molar refractivity (Wildman–Crippen MR) is 76.8 cm³/mol. The Morgan fingerprint density at radius 3 is 2.80 bits per heavy atom. The second-order valence-electron chi connectivity index (χ2n) is 4.94. The Morgan fingerprint density at radius 1 is 1.30 bits per heavy atom. The summed E-state index contributed by atoms with van der Waals surface area (Å²) in [5.74, 6) is 0.653. The summed E-state index contributed by atoms with van der Waals surface area (Å²) in [6, 6.07) is 12.1. The first-order valence-corrected chi connectivity index (χ1v) is 6.61. The number of nitrogens with two attached hydrogens (primary N) is 1. The number of benzene rings is 1. The normalized spacial score (nSPS) is 13.8. The minimum absolute atomic E-state index is 0.429. The van der Waals surface area contributed by atoms with E-state index in [-0.39, 0.29) is 0 Å². The van der Waals surface area contributed by atoms with Gasteiger partial charge in [0.2, 0.25) is 0 Å². The molecule has 1 aliphatic carbocycles. The Morgan fingerprint density at radius 2 is 2.10 bits per heavy atom. The molecule has 1 aromatic heterocycles. The van der Waals surface area contributed by atoms with E-state index >= 15 is 0 Å². The monoisotopic (exact) mass is 265 g/mol. The van der Waals surface area contributed by atoms with Gasteiger partial charge >= 0.3 is 0 Å². The van der Waals surface area contributed by atoms with Crippen LogP contribution in [0.2, 0.25) is 0 Å². The van der Waals surface area contributed by atoms with Gasteiger partial charge in [0.25, 0.3) is 0 Å². The predicted octanol–water partition coefficient (Wildman–Crippen LogP) is 2.10. The summed E-state index contributed by atoms with van der Waals surface area (Å²) >= 11 is 0. The maximum Gasteiger partial charge on any atom is 0.169 e. The molecule has 0 atom stereocenters. The van der Waals surface area contributed by atoms with Gasteiger partial charge in [-0.1, -0.05) is 18.2 Å². The quantitative estimate of drug-likeness (QED) is 0.856. The lowest BCUT2D eigenvalue weighted by molar-refractivity contribution is 0.763. The molecule has 100 valence electrons. The van der Waals surface area contributed by atoms with Crippen molar-refractivity contribution in [3.63, 3.8) is 0 Å². The van der Waals surface area contributed by atoms with Crippen LogP contribution in [-0.4, -0.2) is 16.2 Å². The molecule has 0 bridgehead atoms. The minimum Gasteiger partial charge on any atom is -0.398 e. The molecule has 5 nitrogen and oxygen atoms in total. The number of hydrogen-bond donors (Lipinski definition) is 1. The second-order valence-corrected chi connectivity index (χ2v) is 4.94. The average Bonchev–Trinajstić information content (AvgIpc) is 3.31. The van der Waals surface area contributed by atoms with Crippen molar-refractivity contribution in [1.82, 2.24) is 10.2 Å². The third kappa shape index (κ3) is 2.41. The Bertz CT molecular complexity index is 657. The minimum atomic E-state index is 0.429. The molecule has 20 heavy (non-hydrogen) atoms. The van der Waals surface area contributed by atoms with Crippen molar-refractivity contribution < 1.29 is 0 Å². The Balaban J connectivity index is 1.94. The van der Waals surface area contributed by atoms with Gasteiger partial charge in [-0.05, 0) is 30.5 Å². The molecular weight excluding hydrogens is 250 g/mol. The van der Waals surface area contributed by atoms with Crippen LogP contribution in [0.1, 0.15) is 24.0 Å². The Hall–Kier alpha value is -2.61. The zero-order valence-corrected chi connectivity index (χ0v) is 11.0. The van der Waals surface area contributed by atoms with Crippen LogP contribution in [0.15, 0.2) is 36.5 Å². The van der Waals surface area contributed by atoms with Crippen LogP contribution in [0.3, 0.4) is 0 Å². The fraction of sp³-hybridized carbons (Fsp3) is 0.267. The molecule has 0 unspecified atom stereocenters. The van der Waals surface area contributed by atoms with E-state index < -0.39 is 0 Å². The SMILES string of the molecule is N#Cc1ccnnc1N(Cc1ccccc1N)C1CC1. The van der Waals surface area contributed by atoms with Gasteiger partial charge in [-0.15, -0.1) is 5.10 Å². The van der Waals surface area contributed by atoms with Gasteiger partial charge in [-0.25, -0.2) is 0 Å². The van der Waals surface area contributed by atoms with Gasteiger partial charge in [-0.3, -0.25) is 0 Å². The number of hydrogen-bond acceptors (Lipinski definition) is 5. The molecule has 0 spiro atoms. The second kappa shape index (κ2) is 5.17. The van der Waals surface area contributed by atoms with Gasteiger partial charge < -0.3 is 10.6 Å². The van der Waals surface area contributed by atoms with E-state index in [1.807, 2.05) is 24.3 Å². The van der Waals surface area contributed by atoms with Gasteiger partial charge in [0.05, 0.1) is 11.8 Å². The summed E-state index contributed by atoms with van der Waals surface area (Å²) in [5, 5.41) is 17.3. The van der Waals surface area contributed by atoms with Crippen molar-refractivity contribution in [2.45, 2.75) is 25.4 Å². The highest BCUT2D eigenvalue weighted by atomic mass is 15.3. The lowest BCUT2D eigenvalue weighted by Gasteiger charge is -2.24. The zero-order valence-electron chi connectivity index (χ0n) is 11.0. The van der Waals surface area contributed by atoms with Gasteiger partial charge in [0, 0.05) is 18.3 Å². The Labute approximate surface area is 117 Å². The molecule has 1 aliphatic rings. The number of nitrogens with zero attached hydrogens (tertiary/aromatic N) is 4. The molecule has 0 amide bonds. The van der Waals surface area contributed by atoms with Crippen LogP contribution < -0.4 is 10.6 Å². The number of nitriles is 1. The smallest absolute Gasteiger partial charge is 0.169 e. The summed E-state index contributed by atoms with van der Waals surface area (Å²) in [7, 11) is 0. The van der Waals surface area contributed by atoms with Crippen molar-refractivity contribution >= 4 is 11.5 Å². The van der Waals surface area contributed by atoms with Crippen LogP contribution >= 0.6 is 0 Å².